The Morgan fingerprint density at radius 3 is 2.45 bits per heavy atom. The lowest BCUT2D eigenvalue weighted by Gasteiger charge is -2.25. The van der Waals surface area contributed by atoms with Gasteiger partial charge in [-0.1, -0.05) is 30.6 Å². The van der Waals surface area contributed by atoms with Gasteiger partial charge in [-0.15, -0.1) is 0 Å². The highest BCUT2D eigenvalue weighted by atomic mass is 35.5. The molecule has 1 saturated carbocycles. The van der Waals surface area contributed by atoms with Crippen molar-refractivity contribution in [1.29, 1.82) is 0 Å². The van der Waals surface area contributed by atoms with Gasteiger partial charge < -0.3 is 9.84 Å². The van der Waals surface area contributed by atoms with Gasteiger partial charge in [-0.05, 0) is 56.4 Å². The van der Waals surface area contributed by atoms with Gasteiger partial charge in [-0.3, -0.25) is 9.59 Å². The van der Waals surface area contributed by atoms with E-state index in [9.17, 15) is 22.8 Å². The summed E-state index contributed by atoms with van der Waals surface area (Å²) in [5.74, 6) is 0.764. The summed E-state index contributed by atoms with van der Waals surface area (Å²) in [5.41, 5.74) is -1.53. The minimum absolute atomic E-state index is 0.0736. The SMILES string of the molecule is CC(C)c1nc(C2CCC(C(=O)CCCNC(=O)c3cn(-c4ccc(Cl)cc4)nc3C(F)(F)F)CC2)no1. The van der Waals surface area contributed by atoms with E-state index < -0.39 is 23.3 Å². The molecule has 0 radical (unpaired) electrons. The largest absolute Gasteiger partial charge is 0.435 e. The van der Waals surface area contributed by atoms with Crippen molar-refractivity contribution in [1.82, 2.24) is 25.2 Å². The highest BCUT2D eigenvalue weighted by molar-refractivity contribution is 6.30. The molecule has 12 heteroatoms. The fourth-order valence-electron chi connectivity index (χ4n) is 4.56. The zero-order valence-electron chi connectivity index (χ0n) is 21.1. The van der Waals surface area contributed by atoms with Crippen LogP contribution in [-0.4, -0.2) is 38.2 Å². The van der Waals surface area contributed by atoms with E-state index in [-0.39, 0.29) is 36.5 Å². The summed E-state index contributed by atoms with van der Waals surface area (Å²) < 4.78 is 46.9. The molecule has 1 aromatic carbocycles. The van der Waals surface area contributed by atoms with Crippen LogP contribution in [0.5, 0.6) is 0 Å². The molecule has 1 N–H and O–H groups in total. The first kappa shape index (κ1) is 27.8. The van der Waals surface area contributed by atoms with E-state index in [1.54, 1.807) is 0 Å². The molecule has 0 aliphatic heterocycles. The third-order valence-corrected chi connectivity index (χ3v) is 6.96. The average molecular weight is 552 g/mol. The second kappa shape index (κ2) is 11.7. The normalized spacial score (nSPS) is 18.1. The van der Waals surface area contributed by atoms with Crippen LogP contribution in [0.1, 0.15) is 92.0 Å². The zero-order chi connectivity index (χ0) is 27.4. The topological polar surface area (TPSA) is 103 Å². The van der Waals surface area contributed by atoms with E-state index >= 15 is 0 Å². The van der Waals surface area contributed by atoms with E-state index in [4.69, 9.17) is 16.1 Å². The van der Waals surface area contributed by atoms with Crippen LogP contribution in [0.3, 0.4) is 0 Å². The second-order valence-electron chi connectivity index (χ2n) is 9.83. The Morgan fingerprint density at radius 1 is 1.16 bits per heavy atom. The first-order valence-corrected chi connectivity index (χ1v) is 13.0. The predicted molar refractivity (Wildman–Crippen MR) is 133 cm³/mol. The zero-order valence-corrected chi connectivity index (χ0v) is 21.8. The van der Waals surface area contributed by atoms with Crippen molar-refractivity contribution in [2.24, 2.45) is 5.92 Å². The Bertz CT molecular complexity index is 1260. The predicted octanol–water partition coefficient (Wildman–Crippen LogP) is 6.10. The molecule has 1 amide bonds. The minimum Gasteiger partial charge on any atom is -0.352 e. The fraction of sp³-hybridized carbons (Fsp3) is 0.500. The van der Waals surface area contributed by atoms with Gasteiger partial charge in [0.1, 0.15) is 5.78 Å². The monoisotopic (exact) mass is 551 g/mol. The number of Topliss-reactive ketones (excluding diaryl/α,β-unsaturated/α-hetero) is 1. The molecule has 38 heavy (non-hydrogen) atoms. The molecule has 3 aromatic rings. The highest BCUT2D eigenvalue weighted by Gasteiger charge is 2.39. The summed E-state index contributed by atoms with van der Waals surface area (Å²) >= 11 is 5.84. The number of ketones is 1. The van der Waals surface area contributed by atoms with Gasteiger partial charge >= 0.3 is 6.18 Å². The third-order valence-electron chi connectivity index (χ3n) is 6.70. The lowest BCUT2D eigenvalue weighted by molar-refractivity contribution is -0.141. The van der Waals surface area contributed by atoms with Crippen molar-refractivity contribution < 1.29 is 27.3 Å². The molecule has 0 saturated heterocycles. The maximum absolute atomic E-state index is 13.5. The van der Waals surface area contributed by atoms with Gasteiger partial charge in [0.05, 0.1) is 11.3 Å². The van der Waals surface area contributed by atoms with Crippen molar-refractivity contribution in [3.05, 3.63) is 58.5 Å². The number of carbonyl (C=O) groups excluding carboxylic acids is 2. The van der Waals surface area contributed by atoms with Crippen LogP contribution >= 0.6 is 11.6 Å². The Labute approximate surface area is 222 Å². The second-order valence-corrected chi connectivity index (χ2v) is 10.3. The Hall–Kier alpha value is -3.21. The van der Waals surface area contributed by atoms with Gasteiger partial charge in [0.25, 0.3) is 5.91 Å². The number of carbonyl (C=O) groups is 2. The number of halogens is 4. The van der Waals surface area contributed by atoms with E-state index in [1.807, 2.05) is 13.8 Å². The summed E-state index contributed by atoms with van der Waals surface area (Å²) in [7, 11) is 0. The quantitative estimate of drug-likeness (QED) is 0.322. The molecule has 8 nitrogen and oxygen atoms in total. The van der Waals surface area contributed by atoms with Crippen LogP contribution in [0.15, 0.2) is 35.0 Å². The Morgan fingerprint density at radius 2 is 1.84 bits per heavy atom. The lowest BCUT2D eigenvalue weighted by atomic mass is 9.79. The molecule has 1 fully saturated rings. The molecule has 0 atom stereocenters. The number of alkyl halides is 3. The van der Waals surface area contributed by atoms with E-state index in [1.165, 1.54) is 24.3 Å². The molecule has 1 aliphatic carbocycles. The number of rotatable bonds is 9. The van der Waals surface area contributed by atoms with Crippen molar-refractivity contribution >= 4 is 23.3 Å². The standard InChI is InChI=1S/C26H29ClF3N5O3/c1-15(2)25-32-23(34-38-25)17-7-5-16(6-8-17)21(36)4-3-13-31-24(37)20-14-35(33-22(20)26(28,29)30)19-11-9-18(27)10-12-19/h9-12,14-17H,3-8,13H2,1-2H3,(H,31,37). The molecule has 0 unspecified atom stereocenters. The summed E-state index contributed by atoms with van der Waals surface area (Å²) in [4.78, 5) is 29.7. The first-order valence-electron chi connectivity index (χ1n) is 12.6. The van der Waals surface area contributed by atoms with E-state index in [0.717, 1.165) is 36.6 Å². The van der Waals surface area contributed by atoms with E-state index in [0.29, 0.717) is 28.8 Å². The third kappa shape index (κ3) is 6.61. The maximum Gasteiger partial charge on any atom is 0.435 e. The van der Waals surface area contributed by atoms with Crippen LogP contribution in [0, 0.1) is 5.92 Å². The summed E-state index contributed by atoms with van der Waals surface area (Å²) in [5, 5.41) is 10.6. The van der Waals surface area contributed by atoms with Crippen LogP contribution in [-0.2, 0) is 11.0 Å². The summed E-state index contributed by atoms with van der Waals surface area (Å²) in [6, 6.07) is 6.04. The van der Waals surface area contributed by atoms with Crippen molar-refractivity contribution in [2.45, 2.75) is 70.4 Å². The number of hydrogen-bond donors (Lipinski definition) is 1. The smallest absolute Gasteiger partial charge is 0.352 e. The van der Waals surface area contributed by atoms with Crippen molar-refractivity contribution in [3.63, 3.8) is 0 Å². The maximum atomic E-state index is 13.5. The number of amides is 1. The van der Waals surface area contributed by atoms with Gasteiger partial charge in [-0.25, -0.2) is 4.68 Å². The molecular weight excluding hydrogens is 523 g/mol. The molecule has 1 aliphatic rings. The summed E-state index contributed by atoms with van der Waals surface area (Å²) in [6.45, 7) is 4.04. The Balaban J connectivity index is 1.27. The molecule has 0 bridgehead atoms. The first-order chi connectivity index (χ1) is 18.0. The molecule has 204 valence electrons. The molecule has 4 rings (SSSR count). The molecule has 0 spiro atoms. The fourth-order valence-corrected chi connectivity index (χ4v) is 4.69. The number of hydrogen-bond acceptors (Lipinski definition) is 6. The van der Waals surface area contributed by atoms with Crippen LogP contribution in [0.4, 0.5) is 13.2 Å². The molecular formula is C26H29ClF3N5O3. The number of aromatic nitrogens is 4. The van der Waals surface area contributed by atoms with Crippen molar-refractivity contribution in [3.8, 4) is 5.69 Å². The van der Waals surface area contributed by atoms with Gasteiger partial charge in [0, 0.05) is 41.9 Å². The Kier molecular flexibility index (Phi) is 8.54. The lowest BCUT2D eigenvalue weighted by Crippen LogP contribution is -2.28. The van der Waals surface area contributed by atoms with Gasteiger partial charge in [0.15, 0.2) is 11.5 Å². The number of nitrogens with one attached hydrogen (secondary N) is 1. The highest BCUT2D eigenvalue weighted by Crippen LogP contribution is 2.36. The molecule has 2 heterocycles. The number of nitrogens with zero attached hydrogens (tertiary/aromatic N) is 4. The summed E-state index contributed by atoms with van der Waals surface area (Å²) in [6.07, 6.45) is -0.161. The van der Waals surface area contributed by atoms with Gasteiger partial charge in [-0.2, -0.15) is 23.3 Å². The van der Waals surface area contributed by atoms with Gasteiger partial charge in [0.2, 0.25) is 5.89 Å². The van der Waals surface area contributed by atoms with Crippen LogP contribution in [0.2, 0.25) is 5.02 Å². The molecule has 2 aromatic heterocycles. The van der Waals surface area contributed by atoms with E-state index in [2.05, 4.69) is 20.6 Å². The average Bonchev–Trinajstić information content (AvgIpc) is 3.55. The number of benzene rings is 1. The van der Waals surface area contributed by atoms with Crippen LogP contribution in [0.25, 0.3) is 5.69 Å². The van der Waals surface area contributed by atoms with Crippen LogP contribution < -0.4 is 5.32 Å². The minimum atomic E-state index is -4.81. The van der Waals surface area contributed by atoms with Crippen molar-refractivity contribution in [2.75, 3.05) is 6.54 Å².